The van der Waals surface area contributed by atoms with Gasteiger partial charge in [-0.25, -0.2) is 0 Å². The van der Waals surface area contributed by atoms with Crippen LogP contribution in [0.25, 0.3) is 0 Å². The van der Waals surface area contributed by atoms with E-state index in [-0.39, 0.29) is 0 Å². The predicted octanol–water partition coefficient (Wildman–Crippen LogP) is 2.77. The Balaban J connectivity index is 1.91. The van der Waals surface area contributed by atoms with Crippen molar-refractivity contribution in [3.05, 3.63) is 35.4 Å². The summed E-state index contributed by atoms with van der Waals surface area (Å²) in [7, 11) is 2.01. The maximum absolute atomic E-state index is 3.20. The molecule has 0 saturated carbocycles. The molecule has 106 valence electrons. The summed E-state index contributed by atoms with van der Waals surface area (Å²) >= 11 is 2.10. The molecule has 1 aliphatic rings. The fraction of sp³-hybridized carbons (Fsp3) is 0.625. The van der Waals surface area contributed by atoms with E-state index in [0.717, 1.165) is 24.8 Å². The van der Waals surface area contributed by atoms with Crippen molar-refractivity contribution in [2.45, 2.75) is 38.1 Å². The summed E-state index contributed by atoms with van der Waals surface area (Å²) in [6.07, 6.45) is 1.12. The van der Waals surface area contributed by atoms with E-state index in [4.69, 9.17) is 0 Å². The molecule has 2 nitrogen and oxygen atoms in total. The number of nitrogens with one attached hydrogen (secondary N) is 1. The standard InChI is InChI=1S/C16H26N2S/c1-13-14(2)19-11-10-18(13)12-16-6-4-15(5-7-16)8-9-17-3/h4-7,13-14,17H,8-12H2,1-3H3. The first-order valence-corrected chi connectivity index (χ1v) is 8.33. The van der Waals surface area contributed by atoms with Crippen molar-refractivity contribution in [1.82, 2.24) is 10.2 Å². The highest BCUT2D eigenvalue weighted by atomic mass is 32.2. The molecule has 2 atom stereocenters. The average molecular weight is 278 g/mol. The first kappa shape index (κ1) is 14.9. The zero-order chi connectivity index (χ0) is 13.7. The molecule has 1 aromatic carbocycles. The maximum Gasteiger partial charge on any atom is 0.0237 e. The minimum absolute atomic E-state index is 0.683. The van der Waals surface area contributed by atoms with Crippen molar-refractivity contribution in [3.63, 3.8) is 0 Å². The van der Waals surface area contributed by atoms with Crippen molar-refractivity contribution in [2.24, 2.45) is 0 Å². The third kappa shape index (κ3) is 4.23. The fourth-order valence-corrected chi connectivity index (χ4v) is 3.70. The molecule has 1 aliphatic heterocycles. The second-order valence-corrected chi connectivity index (χ2v) is 6.94. The van der Waals surface area contributed by atoms with Crippen LogP contribution in [0.5, 0.6) is 0 Å². The van der Waals surface area contributed by atoms with Gasteiger partial charge < -0.3 is 5.32 Å². The van der Waals surface area contributed by atoms with Crippen molar-refractivity contribution in [3.8, 4) is 0 Å². The van der Waals surface area contributed by atoms with Crippen LogP contribution in [-0.2, 0) is 13.0 Å². The highest BCUT2D eigenvalue weighted by Gasteiger charge is 2.24. The maximum atomic E-state index is 3.20. The van der Waals surface area contributed by atoms with Crippen LogP contribution in [0.1, 0.15) is 25.0 Å². The van der Waals surface area contributed by atoms with Crippen LogP contribution in [0, 0.1) is 0 Å². The van der Waals surface area contributed by atoms with Gasteiger partial charge in [-0.05, 0) is 38.1 Å². The number of nitrogens with zero attached hydrogens (tertiary/aromatic N) is 1. The van der Waals surface area contributed by atoms with E-state index in [0.29, 0.717) is 6.04 Å². The van der Waals surface area contributed by atoms with Gasteiger partial charge in [-0.2, -0.15) is 11.8 Å². The third-order valence-electron chi connectivity index (χ3n) is 4.09. The Morgan fingerprint density at radius 1 is 1.21 bits per heavy atom. The van der Waals surface area contributed by atoms with Gasteiger partial charge in [0.2, 0.25) is 0 Å². The van der Waals surface area contributed by atoms with Gasteiger partial charge in [0, 0.05) is 30.1 Å². The number of rotatable bonds is 5. The largest absolute Gasteiger partial charge is 0.319 e. The van der Waals surface area contributed by atoms with Crippen LogP contribution in [0.4, 0.5) is 0 Å². The Labute approximate surface area is 122 Å². The van der Waals surface area contributed by atoms with Gasteiger partial charge in [-0.15, -0.1) is 0 Å². The summed E-state index contributed by atoms with van der Waals surface area (Å²) in [6, 6.07) is 9.83. The molecular weight excluding hydrogens is 252 g/mol. The van der Waals surface area contributed by atoms with Crippen molar-refractivity contribution >= 4 is 11.8 Å². The smallest absolute Gasteiger partial charge is 0.0237 e. The number of hydrogen-bond acceptors (Lipinski definition) is 3. The quantitative estimate of drug-likeness (QED) is 0.891. The van der Waals surface area contributed by atoms with Crippen molar-refractivity contribution in [2.75, 3.05) is 25.9 Å². The Bertz CT molecular complexity index is 377. The van der Waals surface area contributed by atoms with E-state index in [1.54, 1.807) is 0 Å². The van der Waals surface area contributed by atoms with Crippen molar-refractivity contribution < 1.29 is 0 Å². The molecule has 1 heterocycles. The summed E-state index contributed by atoms with van der Waals surface area (Å²) in [6.45, 7) is 8.08. The minimum Gasteiger partial charge on any atom is -0.319 e. The Morgan fingerprint density at radius 2 is 1.89 bits per heavy atom. The monoisotopic (exact) mass is 278 g/mol. The SMILES string of the molecule is CNCCc1ccc(CN2CCSC(C)C2C)cc1. The van der Waals surface area contributed by atoms with E-state index in [9.17, 15) is 0 Å². The molecule has 1 aromatic rings. The highest BCUT2D eigenvalue weighted by molar-refractivity contribution is 8.00. The molecule has 2 rings (SSSR count). The van der Waals surface area contributed by atoms with Gasteiger partial charge in [-0.1, -0.05) is 31.2 Å². The number of thioether (sulfide) groups is 1. The molecule has 0 amide bonds. The van der Waals surface area contributed by atoms with Crippen molar-refractivity contribution in [1.29, 1.82) is 0 Å². The van der Waals surface area contributed by atoms with Gasteiger partial charge in [0.1, 0.15) is 0 Å². The summed E-state index contributed by atoms with van der Waals surface area (Å²) in [5.41, 5.74) is 2.87. The summed E-state index contributed by atoms with van der Waals surface area (Å²) in [5.74, 6) is 1.27. The Kier molecular flexibility index (Phi) is 5.74. The molecule has 0 aromatic heterocycles. The predicted molar refractivity (Wildman–Crippen MR) is 85.9 cm³/mol. The second kappa shape index (κ2) is 7.32. The average Bonchev–Trinajstić information content (AvgIpc) is 2.43. The highest BCUT2D eigenvalue weighted by Crippen LogP contribution is 2.25. The molecule has 3 heteroatoms. The molecule has 2 unspecified atom stereocenters. The van der Waals surface area contributed by atoms with Gasteiger partial charge in [0.15, 0.2) is 0 Å². The summed E-state index contributed by atoms with van der Waals surface area (Å²) in [4.78, 5) is 2.61. The second-order valence-electron chi connectivity index (χ2n) is 5.46. The summed E-state index contributed by atoms with van der Waals surface area (Å²) < 4.78 is 0. The zero-order valence-electron chi connectivity index (χ0n) is 12.4. The van der Waals surface area contributed by atoms with E-state index < -0.39 is 0 Å². The molecule has 19 heavy (non-hydrogen) atoms. The van der Waals surface area contributed by atoms with Crippen LogP contribution in [0.15, 0.2) is 24.3 Å². The fourth-order valence-electron chi connectivity index (χ4n) is 2.53. The molecule has 0 spiro atoms. The van der Waals surface area contributed by atoms with Crippen LogP contribution in [0.2, 0.25) is 0 Å². The topological polar surface area (TPSA) is 15.3 Å². The Morgan fingerprint density at radius 3 is 2.58 bits per heavy atom. The van der Waals surface area contributed by atoms with Gasteiger partial charge >= 0.3 is 0 Å². The van der Waals surface area contributed by atoms with Gasteiger partial charge in [0.25, 0.3) is 0 Å². The normalized spacial score (nSPS) is 24.6. The lowest BCUT2D eigenvalue weighted by atomic mass is 10.1. The lowest BCUT2D eigenvalue weighted by Gasteiger charge is -2.37. The van der Waals surface area contributed by atoms with E-state index in [1.807, 2.05) is 7.05 Å². The van der Waals surface area contributed by atoms with Gasteiger partial charge in [-0.3, -0.25) is 4.90 Å². The molecule has 0 aliphatic carbocycles. The number of hydrogen-bond donors (Lipinski definition) is 1. The first-order chi connectivity index (χ1) is 9.20. The van der Waals surface area contributed by atoms with Crippen LogP contribution in [0.3, 0.4) is 0 Å². The lowest BCUT2D eigenvalue weighted by molar-refractivity contribution is 0.204. The van der Waals surface area contributed by atoms with Crippen LogP contribution < -0.4 is 5.32 Å². The van der Waals surface area contributed by atoms with Gasteiger partial charge in [0.05, 0.1) is 0 Å². The third-order valence-corrected chi connectivity index (χ3v) is 5.42. The molecule has 0 bridgehead atoms. The van der Waals surface area contributed by atoms with Crippen LogP contribution in [-0.4, -0.2) is 42.1 Å². The number of likely N-dealkylation sites (N-methyl/N-ethyl adjacent to an activating group) is 1. The Hall–Kier alpha value is -0.510. The minimum atomic E-state index is 0.683. The molecule has 1 fully saturated rings. The molecular formula is C16H26N2S. The molecule has 0 radical (unpaired) electrons. The van der Waals surface area contributed by atoms with E-state index >= 15 is 0 Å². The summed E-state index contributed by atoms with van der Waals surface area (Å²) in [5, 5.41) is 3.95. The number of benzene rings is 1. The molecule has 1 saturated heterocycles. The first-order valence-electron chi connectivity index (χ1n) is 7.29. The van der Waals surface area contributed by atoms with E-state index in [2.05, 4.69) is 60.1 Å². The zero-order valence-corrected chi connectivity index (χ0v) is 13.2. The lowest BCUT2D eigenvalue weighted by Crippen LogP contribution is -2.43. The van der Waals surface area contributed by atoms with Crippen LogP contribution >= 0.6 is 11.8 Å². The molecule has 1 N–H and O–H groups in total. The van der Waals surface area contributed by atoms with E-state index in [1.165, 1.54) is 23.4 Å².